The molecule has 0 bridgehead atoms. The lowest BCUT2D eigenvalue weighted by Crippen LogP contribution is -2.23. The topological polar surface area (TPSA) is 47.6 Å². The Labute approximate surface area is 160 Å². The Morgan fingerprint density at radius 2 is 1.92 bits per heavy atom. The van der Waals surface area contributed by atoms with Crippen LogP contribution in [0, 0.1) is 0 Å². The van der Waals surface area contributed by atoms with Crippen LogP contribution in [0.25, 0.3) is 0 Å². The predicted molar refractivity (Wildman–Crippen MR) is 105 cm³/mol. The third-order valence-corrected chi connectivity index (χ3v) is 4.29. The number of carbonyl (C=O) groups excluding carboxylic acids is 1. The standard InChI is InChI=1S/C21H26ClNO3/c1-3-5-12-25-15-18-13-16(10-11-20(18)26-4-2)21(24)23-14-17-8-6-7-9-19(17)22/h6-11,13H,3-5,12,14-15H2,1-2H3,(H,23,24). The van der Waals surface area contributed by atoms with Gasteiger partial charge in [-0.15, -0.1) is 0 Å². The molecular weight excluding hydrogens is 350 g/mol. The van der Waals surface area contributed by atoms with Crippen molar-refractivity contribution in [2.24, 2.45) is 0 Å². The molecule has 0 aliphatic heterocycles. The maximum absolute atomic E-state index is 12.5. The van der Waals surface area contributed by atoms with Crippen molar-refractivity contribution in [1.82, 2.24) is 5.32 Å². The summed E-state index contributed by atoms with van der Waals surface area (Å²) in [5, 5.41) is 3.55. The van der Waals surface area contributed by atoms with Gasteiger partial charge >= 0.3 is 0 Å². The van der Waals surface area contributed by atoms with Crippen LogP contribution in [0.4, 0.5) is 0 Å². The Balaban J connectivity index is 2.04. The van der Waals surface area contributed by atoms with Gasteiger partial charge in [0.2, 0.25) is 0 Å². The molecule has 0 atom stereocenters. The highest BCUT2D eigenvalue weighted by molar-refractivity contribution is 6.31. The number of ether oxygens (including phenoxy) is 2. The molecule has 2 aromatic carbocycles. The Morgan fingerprint density at radius 1 is 1.12 bits per heavy atom. The number of unbranched alkanes of at least 4 members (excludes halogenated alkanes) is 1. The number of benzene rings is 2. The quantitative estimate of drug-likeness (QED) is 0.595. The summed E-state index contributed by atoms with van der Waals surface area (Å²) in [6, 6.07) is 12.9. The molecule has 2 aromatic rings. The molecule has 5 heteroatoms. The average molecular weight is 376 g/mol. The molecule has 4 nitrogen and oxygen atoms in total. The van der Waals surface area contributed by atoms with Gasteiger partial charge < -0.3 is 14.8 Å². The zero-order valence-corrected chi connectivity index (χ0v) is 16.1. The fourth-order valence-electron chi connectivity index (χ4n) is 2.48. The number of carbonyl (C=O) groups is 1. The van der Waals surface area contributed by atoms with Crippen LogP contribution in [-0.4, -0.2) is 19.1 Å². The smallest absolute Gasteiger partial charge is 0.251 e. The van der Waals surface area contributed by atoms with E-state index in [1.807, 2.05) is 43.3 Å². The first-order chi connectivity index (χ1) is 12.7. The first-order valence-electron chi connectivity index (χ1n) is 9.00. The number of rotatable bonds is 10. The van der Waals surface area contributed by atoms with Crippen LogP contribution in [0.1, 0.15) is 48.2 Å². The van der Waals surface area contributed by atoms with Crippen molar-refractivity contribution < 1.29 is 14.3 Å². The first-order valence-corrected chi connectivity index (χ1v) is 9.38. The Kier molecular flexibility index (Phi) is 8.45. The van der Waals surface area contributed by atoms with Gasteiger partial charge in [0.15, 0.2) is 0 Å². The van der Waals surface area contributed by atoms with Gasteiger partial charge in [0.05, 0.1) is 13.2 Å². The van der Waals surface area contributed by atoms with Crippen molar-refractivity contribution in [2.75, 3.05) is 13.2 Å². The van der Waals surface area contributed by atoms with Crippen molar-refractivity contribution >= 4 is 17.5 Å². The van der Waals surface area contributed by atoms with E-state index in [1.165, 1.54) is 0 Å². The molecule has 2 rings (SSSR count). The van der Waals surface area contributed by atoms with Gasteiger partial charge in [-0.05, 0) is 43.2 Å². The molecule has 1 amide bonds. The summed E-state index contributed by atoms with van der Waals surface area (Å²) in [6.45, 7) is 6.14. The van der Waals surface area contributed by atoms with E-state index in [4.69, 9.17) is 21.1 Å². The third kappa shape index (κ3) is 6.04. The first kappa shape index (κ1) is 20.3. The maximum atomic E-state index is 12.5. The van der Waals surface area contributed by atoms with Crippen LogP contribution in [0.5, 0.6) is 5.75 Å². The van der Waals surface area contributed by atoms with E-state index in [0.29, 0.717) is 37.0 Å². The summed E-state index contributed by atoms with van der Waals surface area (Å²) in [7, 11) is 0. The Hall–Kier alpha value is -2.04. The van der Waals surface area contributed by atoms with E-state index in [1.54, 1.807) is 6.07 Å². The molecule has 0 fully saturated rings. The van der Waals surface area contributed by atoms with E-state index in [9.17, 15) is 4.79 Å². The van der Waals surface area contributed by atoms with E-state index in [-0.39, 0.29) is 5.91 Å². The molecule has 0 aliphatic carbocycles. The highest BCUT2D eigenvalue weighted by atomic mass is 35.5. The van der Waals surface area contributed by atoms with Crippen LogP contribution in [-0.2, 0) is 17.9 Å². The Bertz CT molecular complexity index is 718. The number of halogens is 1. The summed E-state index contributed by atoms with van der Waals surface area (Å²) in [5.41, 5.74) is 2.35. The summed E-state index contributed by atoms with van der Waals surface area (Å²) < 4.78 is 11.3. The van der Waals surface area contributed by atoms with E-state index in [0.717, 1.165) is 29.7 Å². The molecule has 26 heavy (non-hydrogen) atoms. The van der Waals surface area contributed by atoms with Gasteiger partial charge in [-0.3, -0.25) is 4.79 Å². The van der Waals surface area contributed by atoms with Gasteiger partial charge in [-0.2, -0.15) is 0 Å². The second-order valence-electron chi connectivity index (χ2n) is 5.94. The summed E-state index contributed by atoms with van der Waals surface area (Å²) in [6.07, 6.45) is 2.10. The monoisotopic (exact) mass is 375 g/mol. The Morgan fingerprint density at radius 3 is 2.65 bits per heavy atom. The highest BCUT2D eigenvalue weighted by Crippen LogP contribution is 2.22. The average Bonchev–Trinajstić information content (AvgIpc) is 2.65. The number of amides is 1. The van der Waals surface area contributed by atoms with Gasteiger partial charge in [0, 0.05) is 29.3 Å². The van der Waals surface area contributed by atoms with Crippen LogP contribution < -0.4 is 10.1 Å². The number of hydrogen-bond acceptors (Lipinski definition) is 3. The maximum Gasteiger partial charge on any atom is 0.251 e. The second-order valence-corrected chi connectivity index (χ2v) is 6.34. The zero-order chi connectivity index (χ0) is 18.8. The predicted octanol–water partition coefficient (Wildman–Crippen LogP) is 4.99. The lowest BCUT2D eigenvalue weighted by Gasteiger charge is -2.13. The second kappa shape index (κ2) is 10.8. The van der Waals surface area contributed by atoms with Crippen LogP contribution >= 0.6 is 11.6 Å². The van der Waals surface area contributed by atoms with Crippen LogP contribution in [0.15, 0.2) is 42.5 Å². The molecule has 0 unspecified atom stereocenters. The minimum absolute atomic E-state index is 0.150. The normalized spacial score (nSPS) is 10.6. The van der Waals surface area contributed by atoms with Crippen molar-refractivity contribution in [3.05, 3.63) is 64.2 Å². The van der Waals surface area contributed by atoms with Crippen LogP contribution in [0.3, 0.4) is 0 Å². The van der Waals surface area contributed by atoms with Crippen LogP contribution in [0.2, 0.25) is 5.02 Å². The van der Waals surface area contributed by atoms with Gasteiger partial charge in [-0.1, -0.05) is 43.1 Å². The highest BCUT2D eigenvalue weighted by Gasteiger charge is 2.11. The van der Waals surface area contributed by atoms with Crippen molar-refractivity contribution in [3.63, 3.8) is 0 Å². The lowest BCUT2D eigenvalue weighted by atomic mass is 10.1. The number of hydrogen-bond donors (Lipinski definition) is 1. The molecule has 0 radical (unpaired) electrons. The number of nitrogens with one attached hydrogen (secondary N) is 1. The molecule has 0 saturated heterocycles. The van der Waals surface area contributed by atoms with Gasteiger partial charge in [-0.25, -0.2) is 0 Å². The summed E-state index contributed by atoms with van der Waals surface area (Å²) in [5.74, 6) is 0.606. The molecule has 0 saturated carbocycles. The molecule has 1 N–H and O–H groups in total. The van der Waals surface area contributed by atoms with Gasteiger partial charge in [0.1, 0.15) is 5.75 Å². The fourth-order valence-corrected chi connectivity index (χ4v) is 2.68. The van der Waals surface area contributed by atoms with Crippen molar-refractivity contribution in [1.29, 1.82) is 0 Å². The summed E-state index contributed by atoms with van der Waals surface area (Å²) in [4.78, 5) is 12.5. The zero-order valence-electron chi connectivity index (χ0n) is 15.4. The molecule has 0 heterocycles. The lowest BCUT2D eigenvalue weighted by molar-refractivity contribution is 0.0949. The van der Waals surface area contributed by atoms with Crippen molar-refractivity contribution in [2.45, 2.75) is 39.8 Å². The molecule has 0 aromatic heterocycles. The minimum atomic E-state index is -0.150. The molecule has 0 aliphatic rings. The van der Waals surface area contributed by atoms with E-state index in [2.05, 4.69) is 12.2 Å². The van der Waals surface area contributed by atoms with Gasteiger partial charge in [0.25, 0.3) is 5.91 Å². The minimum Gasteiger partial charge on any atom is -0.494 e. The third-order valence-electron chi connectivity index (χ3n) is 3.92. The SMILES string of the molecule is CCCCOCc1cc(C(=O)NCc2ccccc2Cl)ccc1OCC. The molecular formula is C21H26ClNO3. The van der Waals surface area contributed by atoms with E-state index < -0.39 is 0 Å². The largest absolute Gasteiger partial charge is 0.494 e. The molecule has 140 valence electrons. The fraction of sp³-hybridized carbons (Fsp3) is 0.381. The summed E-state index contributed by atoms with van der Waals surface area (Å²) >= 11 is 6.13. The van der Waals surface area contributed by atoms with E-state index >= 15 is 0 Å². The molecule has 0 spiro atoms. The van der Waals surface area contributed by atoms with Crippen molar-refractivity contribution in [3.8, 4) is 5.75 Å².